The van der Waals surface area contributed by atoms with Gasteiger partial charge in [0.2, 0.25) is 0 Å². The first-order chi connectivity index (χ1) is 8.33. The van der Waals surface area contributed by atoms with Gasteiger partial charge in [0.05, 0.1) is 13.2 Å². The molecular weight excluding hydrogens is 216 g/mol. The van der Waals surface area contributed by atoms with Crippen molar-refractivity contribution in [3.8, 4) is 0 Å². The van der Waals surface area contributed by atoms with Crippen LogP contribution >= 0.6 is 0 Å². The Morgan fingerprint density at radius 3 is 2.76 bits per heavy atom. The predicted molar refractivity (Wildman–Crippen MR) is 64.8 cm³/mol. The predicted octanol–water partition coefficient (Wildman–Crippen LogP) is 2.34. The van der Waals surface area contributed by atoms with Crippen molar-refractivity contribution in [3.05, 3.63) is 29.3 Å². The maximum atomic E-state index is 11.9. The van der Waals surface area contributed by atoms with Gasteiger partial charge in [0.25, 0.3) is 0 Å². The summed E-state index contributed by atoms with van der Waals surface area (Å²) in [5.74, 6) is 0. The second kappa shape index (κ2) is 4.37. The Hall–Kier alpha value is -1.55. The van der Waals surface area contributed by atoms with E-state index in [0.717, 1.165) is 31.6 Å². The molecule has 0 unspecified atom stereocenters. The van der Waals surface area contributed by atoms with Gasteiger partial charge in [0.1, 0.15) is 0 Å². The van der Waals surface area contributed by atoms with Gasteiger partial charge in [-0.25, -0.2) is 4.79 Å². The largest absolute Gasteiger partial charge is 0.372 e. The lowest BCUT2D eigenvalue weighted by atomic mass is 10.1. The number of carbonyl (C=O) groups is 1. The molecule has 0 bridgehead atoms. The molecule has 4 heteroatoms. The number of nitrogens with one attached hydrogen (secondary N) is 1. The molecule has 0 aliphatic carbocycles. The van der Waals surface area contributed by atoms with Gasteiger partial charge in [-0.2, -0.15) is 0 Å². The molecule has 2 heterocycles. The molecule has 1 fully saturated rings. The normalized spacial score (nSPS) is 18.2. The van der Waals surface area contributed by atoms with Gasteiger partial charge >= 0.3 is 6.03 Å². The van der Waals surface area contributed by atoms with Crippen LogP contribution in [0.25, 0.3) is 0 Å². The smallest absolute Gasteiger partial charge is 0.321 e. The quantitative estimate of drug-likeness (QED) is 0.807. The standard InChI is InChI=1S/C13H16N2O2/c16-13(15-5-1-2-6-15)14-12-4-3-10-8-17-9-11(10)7-12/h3-4,7H,1-2,5-6,8-9H2,(H,14,16). The van der Waals surface area contributed by atoms with Crippen molar-refractivity contribution in [1.82, 2.24) is 4.90 Å². The first-order valence-electron chi connectivity index (χ1n) is 6.08. The molecule has 1 aromatic carbocycles. The first kappa shape index (κ1) is 10.6. The fourth-order valence-corrected chi connectivity index (χ4v) is 2.37. The van der Waals surface area contributed by atoms with E-state index in [0.29, 0.717) is 13.2 Å². The van der Waals surface area contributed by atoms with Crippen LogP contribution in [-0.2, 0) is 18.0 Å². The number of nitrogens with zero attached hydrogens (tertiary/aromatic N) is 1. The van der Waals surface area contributed by atoms with Crippen molar-refractivity contribution < 1.29 is 9.53 Å². The number of anilines is 1. The van der Waals surface area contributed by atoms with Crippen molar-refractivity contribution in [2.75, 3.05) is 18.4 Å². The van der Waals surface area contributed by atoms with E-state index in [9.17, 15) is 4.79 Å². The zero-order chi connectivity index (χ0) is 11.7. The van der Waals surface area contributed by atoms with Crippen molar-refractivity contribution in [2.45, 2.75) is 26.1 Å². The molecule has 2 aliphatic heterocycles. The lowest BCUT2D eigenvalue weighted by Gasteiger charge is -2.16. The number of carbonyl (C=O) groups excluding carboxylic acids is 1. The Kier molecular flexibility index (Phi) is 2.73. The summed E-state index contributed by atoms with van der Waals surface area (Å²) >= 11 is 0. The van der Waals surface area contributed by atoms with E-state index in [-0.39, 0.29) is 6.03 Å². The number of amides is 2. The van der Waals surface area contributed by atoms with E-state index in [2.05, 4.69) is 5.32 Å². The Morgan fingerprint density at radius 2 is 1.94 bits per heavy atom. The van der Waals surface area contributed by atoms with Gasteiger partial charge in [0.15, 0.2) is 0 Å². The number of rotatable bonds is 1. The van der Waals surface area contributed by atoms with Crippen LogP contribution in [0.5, 0.6) is 0 Å². The molecule has 3 rings (SSSR count). The third-order valence-electron chi connectivity index (χ3n) is 3.37. The monoisotopic (exact) mass is 232 g/mol. The van der Waals surface area contributed by atoms with Crippen LogP contribution < -0.4 is 5.32 Å². The Bertz CT molecular complexity index is 439. The van der Waals surface area contributed by atoms with Crippen LogP contribution in [0.3, 0.4) is 0 Å². The minimum Gasteiger partial charge on any atom is -0.372 e. The summed E-state index contributed by atoms with van der Waals surface area (Å²) in [7, 11) is 0. The van der Waals surface area contributed by atoms with Gasteiger partial charge in [-0.05, 0) is 36.1 Å². The van der Waals surface area contributed by atoms with Gasteiger partial charge in [0, 0.05) is 18.8 Å². The van der Waals surface area contributed by atoms with Crippen LogP contribution in [-0.4, -0.2) is 24.0 Å². The van der Waals surface area contributed by atoms with E-state index in [1.807, 2.05) is 23.1 Å². The highest BCUT2D eigenvalue weighted by Gasteiger charge is 2.18. The number of benzene rings is 1. The summed E-state index contributed by atoms with van der Waals surface area (Å²) in [6.45, 7) is 3.10. The lowest BCUT2D eigenvalue weighted by Crippen LogP contribution is -2.32. The summed E-state index contributed by atoms with van der Waals surface area (Å²) in [5.41, 5.74) is 3.28. The molecular formula is C13H16N2O2. The maximum absolute atomic E-state index is 11.9. The van der Waals surface area contributed by atoms with E-state index >= 15 is 0 Å². The third kappa shape index (κ3) is 2.13. The van der Waals surface area contributed by atoms with Gasteiger partial charge in [-0.3, -0.25) is 0 Å². The summed E-state index contributed by atoms with van der Waals surface area (Å²) < 4.78 is 5.35. The Balaban J connectivity index is 1.70. The SMILES string of the molecule is O=C(Nc1ccc2c(c1)COC2)N1CCCC1. The van der Waals surface area contributed by atoms with E-state index in [1.165, 1.54) is 11.1 Å². The molecule has 0 radical (unpaired) electrons. The number of urea groups is 1. The third-order valence-corrected chi connectivity index (χ3v) is 3.37. The van der Waals surface area contributed by atoms with Gasteiger partial charge in [-0.1, -0.05) is 6.07 Å². The molecule has 0 saturated carbocycles. The molecule has 0 spiro atoms. The van der Waals surface area contributed by atoms with Crippen LogP contribution in [0, 0.1) is 0 Å². The second-order valence-electron chi connectivity index (χ2n) is 4.60. The zero-order valence-electron chi connectivity index (χ0n) is 9.74. The molecule has 1 saturated heterocycles. The summed E-state index contributed by atoms with van der Waals surface area (Å²) in [6.07, 6.45) is 2.23. The Morgan fingerprint density at radius 1 is 1.18 bits per heavy atom. The van der Waals surface area contributed by atoms with Crippen molar-refractivity contribution in [2.24, 2.45) is 0 Å². The second-order valence-corrected chi connectivity index (χ2v) is 4.60. The van der Waals surface area contributed by atoms with Crippen LogP contribution in [0.2, 0.25) is 0 Å². The minimum absolute atomic E-state index is 0.0152. The van der Waals surface area contributed by atoms with Crippen LogP contribution in [0.15, 0.2) is 18.2 Å². The fourth-order valence-electron chi connectivity index (χ4n) is 2.37. The topological polar surface area (TPSA) is 41.6 Å². The number of likely N-dealkylation sites (tertiary alicyclic amines) is 1. The number of ether oxygens (including phenoxy) is 1. The van der Waals surface area contributed by atoms with E-state index < -0.39 is 0 Å². The number of hydrogen-bond donors (Lipinski definition) is 1. The highest BCUT2D eigenvalue weighted by Crippen LogP contribution is 2.23. The molecule has 1 N–H and O–H groups in total. The number of hydrogen-bond acceptors (Lipinski definition) is 2. The van der Waals surface area contributed by atoms with E-state index in [4.69, 9.17) is 4.74 Å². The van der Waals surface area contributed by atoms with Gasteiger partial charge in [-0.15, -0.1) is 0 Å². The zero-order valence-corrected chi connectivity index (χ0v) is 9.74. The van der Waals surface area contributed by atoms with Crippen molar-refractivity contribution in [3.63, 3.8) is 0 Å². The summed E-state index contributed by atoms with van der Waals surface area (Å²) in [6, 6.07) is 6.00. The van der Waals surface area contributed by atoms with Crippen molar-refractivity contribution in [1.29, 1.82) is 0 Å². The lowest BCUT2D eigenvalue weighted by molar-refractivity contribution is 0.134. The van der Waals surface area contributed by atoms with E-state index in [1.54, 1.807) is 0 Å². The molecule has 0 atom stereocenters. The highest BCUT2D eigenvalue weighted by atomic mass is 16.5. The number of fused-ring (bicyclic) bond motifs is 1. The first-order valence-corrected chi connectivity index (χ1v) is 6.08. The minimum atomic E-state index is 0.0152. The van der Waals surface area contributed by atoms with Crippen LogP contribution in [0.1, 0.15) is 24.0 Å². The molecule has 1 aromatic rings. The molecule has 17 heavy (non-hydrogen) atoms. The van der Waals surface area contributed by atoms with Gasteiger partial charge < -0.3 is 15.0 Å². The Labute approximate surface area is 101 Å². The molecule has 90 valence electrons. The summed E-state index contributed by atoms with van der Waals surface area (Å²) in [5, 5.41) is 2.94. The fraction of sp³-hybridized carbons (Fsp3) is 0.462. The molecule has 0 aromatic heterocycles. The molecule has 2 aliphatic rings. The highest BCUT2D eigenvalue weighted by molar-refractivity contribution is 5.89. The average Bonchev–Trinajstić information content (AvgIpc) is 2.99. The van der Waals surface area contributed by atoms with Crippen LogP contribution in [0.4, 0.5) is 10.5 Å². The molecule has 2 amide bonds. The molecule has 4 nitrogen and oxygen atoms in total. The van der Waals surface area contributed by atoms with Crippen molar-refractivity contribution >= 4 is 11.7 Å². The maximum Gasteiger partial charge on any atom is 0.321 e. The summed E-state index contributed by atoms with van der Waals surface area (Å²) in [4.78, 5) is 13.8. The average molecular weight is 232 g/mol.